The van der Waals surface area contributed by atoms with E-state index in [1.807, 2.05) is 19.9 Å². The zero-order valence-electron chi connectivity index (χ0n) is 8.44. The third kappa shape index (κ3) is 2.15. The maximum atomic E-state index is 11.7. The first-order chi connectivity index (χ1) is 7.16. The van der Waals surface area contributed by atoms with Crippen molar-refractivity contribution in [2.75, 3.05) is 0 Å². The van der Waals surface area contributed by atoms with Gasteiger partial charge in [0, 0.05) is 0 Å². The second kappa shape index (κ2) is 3.98. The molecule has 3 nitrogen and oxygen atoms in total. The van der Waals surface area contributed by atoms with Crippen molar-refractivity contribution in [1.82, 2.24) is 0 Å². The van der Waals surface area contributed by atoms with E-state index in [1.165, 1.54) is 6.26 Å². The van der Waals surface area contributed by atoms with Gasteiger partial charge in [0.25, 0.3) is 5.12 Å². The zero-order chi connectivity index (χ0) is 10.8. The Kier molecular flexibility index (Phi) is 2.68. The fraction of sp³-hybridized carbons (Fsp3) is 0.182. The summed E-state index contributed by atoms with van der Waals surface area (Å²) >= 11 is 1.12. The number of thioether (sulfide) groups is 1. The van der Waals surface area contributed by atoms with Crippen LogP contribution < -0.4 is 0 Å². The average Bonchev–Trinajstić information content (AvgIpc) is 2.76. The van der Waals surface area contributed by atoms with Crippen LogP contribution in [-0.2, 0) is 0 Å². The van der Waals surface area contributed by atoms with E-state index in [0.29, 0.717) is 5.76 Å². The molecule has 0 spiro atoms. The van der Waals surface area contributed by atoms with Crippen molar-refractivity contribution in [2.24, 2.45) is 0 Å². The van der Waals surface area contributed by atoms with Crippen LogP contribution in [0.25, 0.3) is 0 Å². The average molecular weight is 222 g/mol. The molecule has 78 valence electrons. The summed E-state index contributed by atoms with van der Waals surface area (Å²) in [6.07, 6.45) is 1.49. The van der Waals surface area contributed by atoms with E-state index < -0.39 is 0 Å². The molecule has 0 unspecified atom stereocenters. The van der Waals surface area contributed by atoms with Crippen LogP contribution in [0, 0.1) is 13.8 Å². The predicted molar refractivity (Wildman–Crippen MR) is 57.1 cm³/mol. The van der Waals surface area contributed by atoms with Gasteiger partial charge in [0.2, 0.25) is 0 Å². The summed E-state index contributed by atoms with van der Waals surface area (Å²) in [6, 6.07) is 5.19. The minimum absolute atomic E-state index is 0.107. The number of carbonyl (C=O) groups excluding carboxylic acids is 1. The molecule has 0 saturated heterocycles. The molecular weight excluding hydrogens is 212 g/mol. The van der Waals surface area contributed by atoms with Gasteiger partial charge < -0.3 is 8.83 Å². The summed E-state index contributed by atoms with van der Waals surface area (Å²) in [5, 5.41) is -0.107. The highest BCUT2D eigenvalue weighted by Gasteiger charge is 2.14. The molecule has 4 heteroatoms. The SMILES string of the molecule is Cc1cc(SC(=O)c2ccco2)c(C)o1. The highest BCUT2D eigenvalue weighted by atomic mass is 32.2. The second-order valence-electron chi connectivity index (χ2n) is 3.14. The first kappa shape index (κ1) is 10.1. The molecule has 0 saturated carbocycles. The van der Waals surface area contributed by atoms with Crippen LogP contribution in [0.2, 0.25) is 0 Å². The Labute approximate surface area is 91.5 Å². The first-order valence-electron chi connectivity index (χ1n) is 4.49. The molecule has 0 atom stereocenters. The number of carbonyl (C=O) groups is 1. The number of furan rings is 2. The van der Waals surface area contributed by atoms with Crippen LogP contribution in [0.4, 0.5) is 0 Å². The molecule has 2 heterocycles. The molecule has 2 aromatic heterocycles. The van der Waals surface area contributed by atoms with E-state index in [4.69, 9.17) is 8.83 Å². The Morgan fingerprint density at radius 2 is 2.20 bits per heavy atom. The molecule has 0 bridgehead atoms. The molecule has 0 radical (unpaired) electrons. The van der Waals surface area contributed by atoms with Gasteiger partial charge in [0.15, 0.2) is 5.76 Å². The number of aryl methyl sites for hydroxylation is 2. The molecule has 0 aliphatic rings. The van der Waals surface area contributed by atoms with E-state index in [0.717, 1.165) is 28.2 Å². The lowest BCUT2D eigenvalue weighted by atomic mass is 10.4. The molecule has 0 aromatic carbocycles. The molecule has 15 heavy (non-hydrogen) atoms. The quantitative estimate of drug-likeness (QED) is 0.730. The molecule has 2 rings (SSSR count). The standard InChI is InChI=1S/C11H10O3S/c1-7-6-10(8(2)14-7)15-11(12)9-4-3-5-13-9/h3-6H,1-2H3. The van der Waals surface area contributed by atoms with Crippen molar-refractivity contribution in [3.8, 4) is 0 Å². The normalized spacial score (nSPS) is 10.5. The van der Waals surface area contributed by atoms with Gasteiger partial charge in [0.1, 0.15) is 11.5 Å². The van der Waals surface area contributed by atoms with Crippen LogP contribution in [0.15, 0.2) is 38.2 Å². The molecule has 0 fully saturated rings. The van der Waals surface area contributed by atoms with E-state index in [9.17, 15) is 4.79 Å². The van der Waals surface area contributed by atoms with Gasteiger partial charge in [-0.3, -0.25) is 4.79 Å². The van der Waals surface area contributed by atoms with Gasteiger partial charge in [-0.15, -0.1) is 0 Å². The van der Waals surface area contributed by atoms with Gasteiger partial charge in [-0.2, -0.15) is 0 Å². The minimum atomic E-state index is -0.107. The summed E-state index contributed by atoms with van der Waals surface area (Å²) in [5.41, 5.74) is 0. The van der Waals surface area contributed by atoms with Crippen molar-refractivity contribution in [1.29, 1.82) is 0 Å². The smallest absolute Gasteiger partial charge is 0.259 e. The molecule has 0 amide bonds. The third-order valence-corrected chi connectivity index (χ3v) is 2.93. The predicted octanol–water partition coefficient (Wildman–Crippen LogP) is 3.42. The highest BCUT2D eigenvalue weighted by Crippen LogP contribution is 2.28. The number of rotatable bonds is 2. The van der Waals surface area contributed by atoms with Crippen LogP contribution in [0.5, 0.6) is 0 Å². The lowest BCUT2D eigenvalue weighted by Gasteiger charge is -1.94. The van der Waals surface area contributed by atoms with Crippen molar-refractivity contribution in [3.05, 3.63) is 41.7 Å². The zero-order valence-corrected chi connectivity index (χ0v) is 9.26. The first-order valence-corrected chi connectivity index (χ1v) is 5.31. The van der Waals surface area contributed by atoms with Crippen molar-refractivity contribution >= 4 is 16.9 Å². The Balaban J connectivity index is 2.16. The molecule has 0 aliphatic heterocycles. The van der Waals surface area contributed by atoms with Crippen LogP contribution in [0.3, 0.4) is 0 Å². The van der Waals surface area contributed by atoms with Gasteiger partial charge >= 0.3 is 0 Å². The fourth-order valence-electron chi connectivity index (χ4n) is 1.25. The number of hydrogen-bond donors (Lipinski definition) is 0. The van der Waals surface area contributed by atoms with Gasteiger partial charge in [-0.25, -0.2) is 0 Å². The van der Waals surface area contributed by atoms with Crippen LogP contribution in [0.1, 0.15) is 22.1 Å². The van der Waals surface area contributed by atoms with Gasteiger partial charge in [-0.05, 0) is 43.8 Å². The Hall–Kier alpha value is -1.42. The van der Waals surface area contributed by atoms with Crippen LogP contribution >= 0.6 is 11.8 Å². The lowest BCUT2D eigenvalue weighted by molar-refractivity contribution is 0.106. The van der Waals surface area contributed by atoms with E-state index in [-0.39, 0.29) is 5.12 Å². The van der Waals surface area contributed by atoms with E-state index in [1.54, 1.807) is 12.1 Å². The minimum Gasteiger partial charge on any atom is -0.465 e. The monoisotopic (exact) mass is 222 g/mol. The Morgan fingerprint density at radius 3 is 2.73 bits per heavy atom. The maximum Gasteiger partial charge on any atom is 0.259 e. The summed E-state index contributed by atoms with van der Waals surface area (Å²) in [5.74, 6) is 1.93. The van der Waals surface area contributed by atoms with Crippen molar-refractivity contribution < 1.29 is 13.6 Å². The molecular formula is C11H10O3S. The molecule has 0 aliphatic carbocycles. The highest BCUT2D eigenvalue weighted by molar-refractivity contribution is 8.14. The van der Waals surface area contributed by atoms with E-state index >= 15 is 0 Å². The van der Waals surface area contributed by atoms with E-state index in [2.05, 4.69) is 0 Å². The number of hydrogen-bond acceptors (Lipinski definition) is 4. The summed E-state index contributed by atoms with van der Waals surface area (Å²) in [6.45, 7) is 3.69. The molecule has 0 N–H and O–H groups in total. The van der Waals surface area contributed by atoms with Crippen molar-refractivity contribution in [2.45, 2.75) is 18.7 Å². The summed E-state index contributed by atoms with van der Waals surface area (Å²) < 4.78 is 10.3. The lowest BCUT2D eigenvalue weighted by Crippen LogP contribution is -1.89. The second-order valence-corrected chi connectivity index (χ2v) is 4.16. The van der Waals surface area contributed by atoms with Crippen LogP contribution in [-0.4, -0.2) is 5.12 Å². The maximum absolute atomic E-state index is 11.7. The largest absolute Gasteiger partial charge is 0.465 e. The third-order valence-electron chi connectivity index (χ3n) is 1.92. The summed E-state index contributed by atoms with van der Waals surface area (Å²) in [7, 11) is 0. The van der Waals surface area contributed by atoms with Gasteiger partial charge in [0.05, 0.1) is 11.2 Å². The fourth-order valence-corrected chi connectivity index (χ4v) is 2.08. The Morgan fingerprint density at radius 1 is 1.40 bits per heavy atom. The van der Waals surface area contributed by atoms with Gasteiger partial charge in [-0.1, -0.05) is 0 Å². The molecule has 2 aromatic rings. The topological polar surface area (TPSA) is 43.4 Å². The Bertz CT molecular complexity index is 468. The summed E-state index contributed by atoms with van der Waals surface area (Å²) in [4.78, 5) is 12.5. The van der Waals surface area contributed by atoms with Crippen molar-refractivity contribution in [3.63, 3.8) is 0 Å².